The Balaban J connectivity index is 1.63. The zero-order valence-electron chi connectivity index (χ0n) is 18.6. The second-order valence-corrected chi connectivity index (χ2v) is 8.74. The number of aryl methyl sites for hydroxylation is 2. The molecule has 2 aromatic carbocycles. The van der Waals surface area contributed by atoms with Gasteiger partial charge < -0.3 is 0 Å². The molecule has 5 rings (SSSR count). The van der Waals surface area contributed by atoms with Gasteiger partial charge in [0.25, 0.3) is 5.56 Å². The Bertz CT molecular complexity index is 1600. The molecule has 0 atom stereocenters. The first-order valence-corrected chi connectivity index (χ1v) is 11.7. The van der Waals surface area contributed by atoms with Crippen molar-refractivity contribution in [3.05, 3.63) is 106 Å². The highest BCUT2D eigenvalue weighted by Gasteiger charge is 2.19. The molecule has 0 aliphatic heterocycles. The van der Waals surface area contributed by atoms with Crippen molar-refractivity contribution in [3.8, 4) is 17.6 Å². The molecule has 7 nitrogen and oxygen atoms in total. The minimum absolute atomic E-state index is 0.183. The molecule has 166 valence electrons. The van der Waals surface area contributed by atoms with E-state index in [1.165, 1.54) is 16.3 Å². The van der Waals surface area contributed by atoms with Crippen LogP contribution < -0.4 is 5.56 Å². The van der Waals surface area contributed by atoms with Gasteiger partial charge in [0.15, 0.2) is 5.16 Å². The summed E-state index contributed by atoms with van der Waals surface area (Å²) >= 11 is 1.38. The van der Waals surface area contributed by atoms with E-state index in [4.69, 9.17) is 4.98 Å². The monoisotopic (exact) mass is 464 g/mol. The topological polar surface area (TPSA) is 89.4 Å². The summed E-state index contributed by atoms with van der Waals surface area (Å²) in [4.78, 5) is 22.7. The average molecular weight is 465 g/mol. The Labute approximate surface area is 200 Å². The van der Waals surface area contributed by atoms with Gasteiger partial charge in [-0.05, 0) is 49.7 Å². The lowest BCUT2D eigenvalue weighted by Gasteiger charge is -2.13. The SMILES string of the molecule is Cc1ccc(-n2c(SCc3c(C#N)c(C)nn3-c3ccccc3)nc3ccccc3c2=O)nc1. The van der Waals surface area contributed by atoms with E-state index in [-0.39, 0.29) is 5.56 Å². The van der Waals surface area contributed by atoms with Crippen molar-refractivity contribution in [2.24, 2.45) is 0 Å². The third-order valence-corrected chi connectivity index (χ3v) is 6.43. The fourth-order valence-electron chi connectivity index (χ4n) is 3.77. The molecule has 8 heteroatoms. The van der Waals surface area contributed by atoms with Gasteiger partial charge in [0, 0.05) is 11.9 Å². The first kappa shape index (κ1) is 21.6. The number of para-hydroxylation sites is 2. The molecule has 0 unspecified atom stereocenters. The maximum Gasteiger partial charge on any atom is 0.267 e. The van der Waals surface area contributed by atoms with Crippen molar-refractivity contribution in [2.45, 2.75) is 24.8 Å². The van der Waals surface area contributed by atoms with Crippen molar-refractivity contribution in [2.75, 3.05) is 0 Å². The number of aromatic nitrogens is 5. The maximum atomic E-state index is 13.5. The van der Waals surface area contributed by atoms with Gasteiger partial charge in [-0.25, -0.2) is 19.2 Å². The van der Waals surface area contributed by atoms with Crippen LogP contribution in [0.5, 0.6) is 0 Å². The molecule has 0 bridgehead atoms. The summed E-state index contributed by atoms with van der Waals surface area (Å²) < 4.78 is 3.32. The van der Waals surface area contributed by atoms with Crippen LogP contribution in [0, 0.1) is 25.2 Å². The quantitative estimate of drug-likeness (QED) is 0.276. The number of pyridine rings is 1. The van der Waals surface area contributed by atoms with Gasteiger partial charge in [-0.3, -0.25) is 4.79 Å². The number of fused-ring (bicyclic) bond motifs is 1. The van der Waals surface area contributed by atoms with E-state index < -0.39 is 0 Å². The summed E-state index contributed by atoms with van der Waals surface area (Å²) in [6.07, 6.45) is 1.73. The summed E-state index contributed by atoms with van der Waals surface area (Å²) in [6.45, 7) is 3.77. The first-order chi connectivity index (χ1) is 16.6. The van der Waals surface area contributed by atoms with Gasteiger partial charge in [0.1, 0.15) is 11.9 Å². The van der Waals surface area contributed by atoms with Crippen LogP contribution in [0.2, 0.25) is 0 Å². The van der Waals surface area contributed by atoms with E-state index in [9.17, 15) is 10.1 Å². The molecular formula is C26H20N6OS. The maximum absolute atomic E-state index is 13.5. The van der Waals surface area contributed by atoms with Crippen LogP contribution in [0.4, 0.5) is 0 Å². The Morgan fingerprint density at radius 2 is 1.76 bits per heavy atom. The predicted octanol–water partition coefficient (Wildman–Crippen LogP) is 4.75. The van der Waals surface area contributed by atoms with E-state index in [1.807, 2.05) is 74.5 Å². The Kier molecular flexibility index (Phi) is 5.70. The van der Waals surface area contributed by atoms with Crippen molar-refractivity contribution in [1.29, 1.82) is 5.26 Å². The fraction of sp³-hybridized carbons (Fsp3) is 0.115. The van der Waals surface area contributed by atoms with Crippen LogP contribution in [0.15, 0.2) is 82.9 Å². The van der Waals surface area contributed by atoms with Crippen LogP contribution >= 0.6 is 11.8 Å². The zero-order valence-corrected chi connectivity index (χ0v) is 19.5. The molecule has 0 saturated heterocycles. The first-order valence-electron chi connectivity index (χ1n) is 10.7. The highest BCUT2D eigenvalue weighted by molar-refractivity contribution is 7.98. The molecule has 0 fully saturated rings. The number of thioether (sulfide) groups is 1. The highest BCUT2D eigenvalue weighted by Crippen LogP contribution is 2.28. The Morgan fingerprint density at radius 3 is 2.50 bits per heavy atom. The molecule has 0 amide bonds. The molecule has 0 aliphatic carbocycles. The van der Waals surface area contributed by atoms with E-state index in [0.29, 0.717) is 38.9 Å². The highest BCUT2D eigenvalue weighted by atomic mass is 32.2. The van der Waals surface area contributed by atoms with Gasteiger partial charge in [-0.15, -0.1) is 0 Å². The number of benzene rings is 2. The number of hydrogen-bond donors (Lipinski definition) is 0. The zero-order chi connectivity index (χ0) is 23.7. The third-order valence-electron chi connectivity index (χ3n) is 5.48. The molecule has 34 heavy (non-hydrogen) atoms. The fourth-order valence-corrected chi connectivity index (χ4v) is 4.77. The molecule has 0 aliphatic rings. The van der Waals surface area contributed by atoms with Crippen molar-refractivity contribution in [1.82, 2.24) is 24.3 Å². The molecule has 0 spiro atoms. The lowest BCUT2D eigenvalue weighted by atomic mass is 10.2. The second kappa shape index (κ2) is 8.96. The van der Waals surface area contributed by atoms with E-state index >= 15 is 0 Å². The molecule has 0 saturated carbocycles. The molecule has 0 N–H and O–H groups in total. The van der Waals surface area contributed by atoms with Gasteiger partial charge in [-0.2, -0.15) is 10.4 Å². The van der Waals surface area contributed by atoms with Gasteiger partial charge in [0.05, 0.1) is 33.5 Å². The number of nitriles is 1. The summed E-state index contributed by atoms with van der Waals surface area (Å²) in [6, 6.07) is 23.0. The van der Waals surface area contributed by atoms with E-state index in [0.717, 1.165) is 16.9 Å². The van der Waals surface area contributed by atoms with Gasteiger partial charge >= 0.3 is 0 Å². The van der Waals surface area contributed by atoms with Crippen LogP contribution in [-0.4, -0.2) is 24.3 Å². The molecule has 3 aromatic heterocycles. The van der Waals surface area contributed by atoms with E-state index in [2.05, 4.69) is 16.2 Å². The van der Waals surface area contributed by atoms with Crippen molar-refractivity contribution < 1.29 is 0 Å². The summed E-state index contributed by atoms with van der Waals surface area (Å²) in [5, 5.41) is 15.4. The number of rotatable bonds is 5. The lowest BCUT2D eigenvalue weighted by molar-refractivity contribution is 0.791. The van der Waals surface area contributed by atoms with Crippen LogP contribution in [0.1, 0.15) is 22.5 Å². The van der Waals surface area contributed by atoms with Gasteiger partial charge in [0.2, 0.25) is 0 Å². The minimum Gasteiger partial charge on any atom is -0.268 e. The summed E-state index contributed by atoms with van der Waals surface area (Å²) in [5.74, 6) is 0.902. The largest absolute Gasteiger partial charge is 0.268 e. The predicted molar refractivity (Wildman–Crippen MR) is 132 cm³/mol. The molecule has 0 radical (unpaired) electrons. The molecule has 5 aromatic rings. The standard InChI is InChI=1S/C26H20N6OS/c1-17-12-13-24(28-15-17)31-25(33)20-10-6-7-11-22(20)29-26(31)34-16-23-21(14-27)18(2)30-32(23)19-8-4-3-5-9-19/h3-13,15H,16H2,1-2H3. The van der Waals surface area contributed by atoms with Crippen molar-refractivity contribution >= 4 is 22.7 Å². The number of nitrogens with zero attached hydrogens (tertiary/aromatic N) is 6. The Morgan fingerprint density at radius 1 is 1.00 bits per heavy atom. The van der Waals surface area contributed by atoms with Crippen LogP contribution in [-0.2, 0) is 5.75 Å². The Hall–Kier alpha value is -4.22. The van der Waals surface area contributed by atoms with Gasteiger partial charge in [-0.1, -0.05) is 48.2 Å². The van der Waals surface area contributed by atoms with E-state index in [1.54, 1.807) is 16.9 Å². The summed E-state index contributed by atoms with van der Waals surface area (Å²) in [5.41, 5.74) is 4.24. The number of hydrogen-bond acceptors (Lipinski definition) is 6. The molecule has 3 heterocycles. The third kappa shape index (κ3) is 3.87. The normalized spacial score (nSPS) is 11.0. The van der Waals surface area contributed by atoms with Crippen molar-refractivity contribution in [3.63, 3.8) is 0 Å². The summed E-state index contributed by atoms with van der Waals surface area (Å²) in [7, 11) is 0. The minimum atomic E-state index is -0.183. The average Bonchev–Trinajstić information content (AvgIpc) is 3.19. The van der Waals surface area contributed by atoms with Crippen LogP contribution in [0.25, 0.3) is 22.4 Å². The second-order valence-electron chi connectivity index (χ2n) is 7.80. The molecular weight excluding hydrogens is 444 g/mol. The van der Waals surface area contributed by atoms with Crippen LogP contribution in [0.3, 0.4) is 0 Å². The smallest absolute Gasteiger partial charge is 0.267 e. The lowest BCUT2D eigenvalue weighted by Crippen LogP contribution is -2.22.